The van der Waals surface area contributed by atoms with Gasteiger partial charge in [0, 0.05) is 11.0 Å². The molecular weight excluding hydrogens is 249 g/mol. The molecule has 4 heteroatoms. The van der Waals surface area contributed by atoms with Crippen LogP contribution in [0.3, 0.4) is 0 Å². The number of nitrogens with two attached hydrogens (primary N) is 1. The lowest BCUT2D eigenvalue weighted by atomic mass is 10.1. The number of aliphatic hydroxyl groups excluding tert-OH is 1. The van der Waals surface area contributed by atoms with Crippen LogP contribution in [0.25, 0.3) is 0 Å². The lowest BCUT2D eigenvalue weighted by molar-refractivity contribution is 0.173. The number of halogens is 2. The summed E-state index contributed by atoms with van der Waals surface area (Å²) in [6.45, 7) is 0.218. The van der Waals surface area contributed by atoms with Crippen LogP contribution in [0.4, 0.5) is 4.39 Å². The molecule has 0 aliphatic rings. The molecule has 0 bridgehead atoms. The zero-order valence-electron chi connectivity index (χ0n) is 7.71. The van der Waals surface area contributed by atoms with E-state index in [1.807, 2.05) is 0 Å². The topological polar surface area (TPSA) is 46.2 Å². The predicted molar refractivity (Wildman–Crippen MR) is 57.5 cm³/mol. The van der Waals surface area contributed by atoms with Crippen LogP contribution in [-0.4, -0.2) is 17.8 Å². The third-order valence-electron chi connectivity index (χ3n) is 2.03. The summed E-state index contributed by atoms with van der Waals surface area (Å²) >= 11 is 3.27. The molecule has 0 aliphatic heterocycles. The molecule has 0 radical (unpaired) electrons. The van der Waals surface area contributed by atoms with Gasteiger partial charge in [0.25, 0.3) is 0 Å². The summed E-state index contributed by atoms with van der Waals surface area (Å²) < 4.78 is 14.0. The molecule has 78 valence electrons. The molecule has 1 aromatic carbocycles. The van der Waals surface area contributed by atoms with E-state index >= 15 is 0 Å². The van der Waals surface area contributed by atoms with Crippen molar-refractivity contribution in [1.29, 1.82) is 0 Å². The fourth-order valence-corrected chi connectivity index (χ4v) is 1.58. The van der Waals surface area contributed by atoms with Gasteiger partial charge in [-0.2, -0.15) is 0 Å². The van der Waals surface area contributed by atoms with Crippen molar-refractivity contribution in [3.8, 4) is 0 Å². The summed E-state index contributed by atoms with van der Waals surface area (Å²) in [7, 11) is 0. The van der Waals surface area contributed by atoms with E-state index in [2.05, 4.69) is 15.9 Å². The van der Waals surface area contributed by atoms with Gasteiger partial charge < -0.3 is 10.8 Å². The van der Waals surface area contributed by atoms with Crippen molar-refractivity contribution in [2.24, 2.45) is 5.73 Å². The maximum atomic E-state index is 13.2. The van der Waals surface area contributed by atoms with Crippen LogP contribution in [-0.2, 0) is 6.42 Å². The Morgan fingerprint density at radius 2 is 2.21 bits per heavy atom. The van der Waals surface area contributed by atoms with Crippen molar-refractivity contribution in [2.45, 2.75) is 18.9 Å². The molecule has 1 rings (SSSR count). The minimum atomic E-state index is -0.548. The van der Waals surface area contributed by atoms with Gasteiger partial charge in [0.2, 0.25) is 0 Å². The number of aliphatic hydroxyl groups is 1. The van der Waals surface area contributed by atoms with Gasteiger partial charge in [-0.05, 0) is 36.6 Å². The normalized spacial score (nSPS) is 12.9. The van der Waals surface area contributed by atoms with Crippen molar-refractivity contribution in [3.05, 3.63) is 34.1 Å². The molecule has 0 spiro atoms. The third-order valence-corrected chi connectivity index (χ3v) is 2.52. The van der Waals surface area contributed by atoms with Crippen LogP contribution in [0.15, 0.2) is 22.7 Å². The average molecular weight is 262 g/mol. The Morgan fingerprint density at radius 1 is 1.50 bits per heavy atom. The van der Waals surface area contributed by atoms with Gasteiger partial charge in [-0.1, -0.05) is 15.9 Å². The van der Waals surface area contributed by atoms with E-state index in [1.54, 1.807) is 12.1 Å². The van der Waals surface area contributed by atoms with E-state index in [-0.39, 0.29) is 12.4 Å². The molecule has 0 aliphatic carbocycles. The second-order valence-corrected chi connectivity index (χ2v) is 4.08. The third kappa shape index (κ3) is 3.36. The molecule has 1 aromatic rings. The van der Waals surface area contributed by atoms with Gasteiger partial charge in [-0.3, -0.25) is 0 Å². The molecule has 0 fully saturated rings. The zero-order valence-corrected chi connectivity index (χ0v) is 9.30. The monoisotopic (exact) mass is 261 g/mol. The number of aryl methyl sites for hydroxylation is 1. The van der Waals surface area contributed by atoms with E-state index in [0.717, 1.165) is 4.47 Å². The lowest BCUT2D eigenvalue weighted by Crippen LogP contribution is -2.20. The zero-order chi connectivity index (χ0) is 10.6. The molecule has 0 aromatic heterocycles. The van der Waals surface area contributed by atoms with Crippen LogP contribution < -0.4 is 5.73 Å². The van der Waals surface area contributed by atoms with Crippen molar-refractivity contribution in [1.82, 2.24) is 0 Å². The Hall–Kier alpha value is -0.450. The van der Waals surface area contributed by atoms with Crippen LogP contribution in [0.5, 0.6) is 0 Å². The maximum Gasteiger partial charge on any atom is 0.126 e. The first-order valence-electron chi connectivity index (χ1n) is 4.45. The van der Waals surface area contributed by atoms with E-state index < -0.39 is 6.10 Å². The summed E-state index contributed by atoms with van der Waals surface area (Å²) in [6, 6.07) is 4.78. The van der Waals surface area contributed by atoms with Gasteiger partial charge in [0.1, 0.15) is 5.82 Å². The Morgan fingerprint density at radius 3 is 2.86 bits per heavy atom. The first kappa shape index (κ1) is 11.6. The van der Waals surface area contributed by atoms with Gasteiger partial charge in [0.05, 0.1) is 6.10 Å². The molecule has 0 heterocycles. The van der Waals surface area contributed by atoms with Crippen molar-refractivity contribution in [2.75, 3.05) is 6.54 Å². The molecular formula is C10H13BrFNO. The largest absolute Gasteiger partial charge is 0.392 e. The first-order chi connectivity index (χ1) is 6.63. The highest BCUT2D eigenvalue weighted by atomic mass is 79.9. The average Bonchev–Trinajstić information content (AvgIpc) is 2.19. The first-order valence-corrected chi connectivity index (χ1v) is 5.25. The number of hydrogen-bond acceptors (Lipinski definition) is 2. The molecule has 14 heavy (non-hydrogen) atoms. The number of benzene rings is 1. The summed E-state index contributed by atoms with van der Waals surface area (Å²) in [5.74, 6) is -0.238. The molecule has 0 amide bonds. The summed E-state index contributed by atoms with van der Waals surface area (Å²) in [4.78, 5) is 0. The molecule has 1 atom stereocenters. The minimum Gasteiger partial charge on any atom is -0.392 e. The lowest BCUT2D eigenvalue weighted by Gasteiger charge is -2.08. The summed E-state index contributed by atoms with van der Waals surface area (Å²) in [5.41, 5.74) is 5.85. The SMILES string of the molecule is NCC(O)CCc1cc(Br)ccc1F. The summed E-state index contributed by atoms with van der Waals surface area (Å²) in [5, 5.41) is 9.22. The van der Waals surface area contributed by atoms with Gasteiger partial charge in [-0.15, -0.1) is 0 Å². The predicted octanol–water partition coefficient (Wildman–Crippen LogP) is 1.84. The number of hydrogen-bond donors (Lipinski definition) is 2. The molecule has 1 unspecified atom stereocenters. The molecule has 0 saturated heterocycles. The van der Waals surface area contributed by atoms with Crippen LogP contribution in [0.2, 0.25) is 0 Å². The molecule has 3 N–H and O–H groups in total. The van der Waals surface area contributed by atoms with E-state index in [4.69, 9.17) is 5.73 Å². The van der Waals surface area contributed by atoms with Gasteiger partial charge in [0.15, 0.2) is 0 Å². The molecule has 2 nitrogen and oxygen atoms in total. The van der Waals surface area contributed by atoms with Crippen molar-refractivity contribution < 1.29 is 9.50 Å². The van der Waals surface area contributed by atoms with Gasteiger partial charge in [-0.25, -0.2) is 4.39 Å². The quantitative estimate of drug-likeness (QED) is 0.869. The van der Waals surface area contributed by atoms with E-state index in [1.165, 1.54) is 6.07 Å². The Labute approximate surface area is 91.1 Å². The maximum absolute atomic E-state index is 13.2. The number of rotatable bonds is 4. The minimum absolute atomic E-state index is 0.218. The highest BCUT2D eigenvalue weighted by Gasteiger charge is 2.06. The Balaban J connectivity index is 2.62. The highest BCUT2D eigenvalue weighted by Crippen LogP contribution is 2.17. The fourth-order valence-electron chi connectivity index (χ4n) is 1.17. The van der Waals surface area contributed by atoms with E-state index in [0.29, 0.717) is 18.4 Å². The highest BCUT2D eigenvalue weighted by molar-refractivity contribution is 9.10. The summed E-state index contributed by atoms with van der Waals surface area (Å²) in [6.07, 6.45) is 0.446. The fraction of sp³-hybridized carbons (Fsp3) is 0.400. The van der Waals surface area contributed by atoms with Crippen LogP contribution in [0, 0.1) is 5.82 Å². The Kier molecular flexibility index (Phi) is 4.51. The standard InChI is InChI=1S/C10H13BrFNO/c11-8-2-4-10(12)7(5-8)1-3-9(14)6-13/h2,4-5,9,14H,1,3,6,13H2. The molecule has 0 saturated carbocycles. The Bertz CT molecular complexity index is 306. The smallest absolute Gasteiger partial charge is 0.126 e. The van der Waals surface area contributed by atoms with Crippen molar-refractivity contribution in [3.63, 3.8) is 0 Å². The van der Waals surface area contributed by atoms with Crippen LogP contribution >= 0.6 is 15.9 Å². The second kappa shape index (κ2) is 5.44. The van der Waals surface area contributed by atoms with Crippen molar-refractivity contribution >= 4 is 15.9 Å². The van der Waals surface area contributed by atoms with Crippen LogP contribution in [0.1, 0.15) is 12.0 Å². The second-order valence-electron chi connectivity index (χ2n) is 3.16. The van der Waals surface area contributed by atoms with Gasteiger partial charge >= 0.3 is 0 Å². The van der Waals surface area contributed by atoms with E-state index in [9.17, 15) is 9.50 Å².